The third-order valence-corrected chi connectivity index (χ3v) is 3.64. The van der Waals surface area contributed by atoms with Crippen molar-refractivity contribution in [2.45, 2.75) is 32.7 Å². The Morgan fingerprint density at radius 1 is 1.32 bits per heavy atom. The second-order valence-corrected chi connectivity index (χ2v) is 5.85. The quantitative estimate of drug-likeness (QED) is 0.851. The van der Waals surface area contributed by atoms with Gasteiger partial charge in [-0.15, -0.1) is 0 Å². The van der Waals surface area contributed by atoms with E-state index in [1.165, 1.54) is 18.5 Å². The minimum Gasteiger partial charge on any atom is -0.398 e. The molecule has 1 aliphatic rings. The molecule has 1 aliphatic carbocycles. The molecule has 0 bridgehead atoms. The molecule has 19 heavy (non-hydrogen) atoms. The molecule has 3 nitrogen and oxygen atoms in total. The highest BCUT2D eigenvalue weighted by molar-refractivity contribution is 5.98. The van der Waals surface area contributed by atoms with Gasteiger partial charge in [-0.3, -0.25) is 4.98 Å². The van der Waals surface area contributed by atoms with E-state index >= 15 is 0 Å². The van der Waals surface area contributed by atoms with E-state index in [1.54, 1.807) is 0 Å². The molecule has 0 spiro atoms. The van der Waals surface area contributed by atoms with Crippen LogP contribution in [0.4, 0.5) is 11.4 Å². The van der Waals surface area contributed by atoms with Crippen molar-refractivity contribution < 1.29 is 0 Å². The first-order valence-corrected chi connectivity index (χ1v) is 7.06. The van der Waals surface area contributed by atoms with Crippen LogP contribution in [0, 0.1) is 5.92 Å². The predicted octanol–water partition coefficient (Wildman–Crippen LogP) is 3.44. The summed E-state index contributed by atoms with van der Waals surface area (Å²) in [4.78, 5) is 7.07. The molecule has 0 saturated heterocycles. The van der Waals surface area contributed by atoms with Gasteiger partial charge in [-0.2, -0.15) is 0 Å². The van der Waals surface area contributed by atoms with Gasteiger partial charge in [-0.25, -0.2) is 0 Å². The van der Waals surface area contributed by atoms with Gasteiger partial charge in [-0.05, 0) is 43.0 Å². The monoisotopic (exact) mass is 255 g/mol. The fraction of sp³-hybridized carbons (Fsp3) is 0.438. The smallest absolute Gasteiger partial charge is 0.0956 e. The van der Waals surface area contributed by atoms with Gasteiger partial charge in [0.15, 0.2) is 0 Å². The molecule has 3 rings (SSSR count). The summed E-state index contributed by atoms with van der Waals surface area (Å²) >= 11 is 0. The number of rotatable bonds is 4. The Morgan fingerprint density at radius 2 is 2.11 bits per heavy atom. The average molecular weight is 255 g/mol. The molecule has 0 aliphatic heterocycles. The lowest BCUT2D eigenvalue weighted by molar-refractivity contribution is 0.608. The van der Waals surface area contributed by atoms with Crippen molar-refractivity contribution in [3.8, 4) is 0 Å². The maximum Gasteiger partial charge on any atom is 0.0956 e. The summed E-state index contributed by atoms with van der Waals surface area (Å²) in [5.74, 6) is 0.650. The van der Waals surface area contributed by atoms with Crippen LogP contribution in [0.25, 0.3) is 10.9 Å². The molecule has 2 N–H and O–H groups in total. The van der Waals surface area contributed by atoms with Crippen LogP contribution in [-0.4, -0.2) is 17.6 Å². The molecule has 1 aromatic heterocycles. The molecular formula is C16H21N3. The Kier molecular flexibility index (Phi) is 3.05. The molecule has 0 amide bonds. The summed E-state index contributed by atoms with van der Waals surface area (Å²) in [6, 6.07) is 8.84. The molecule has 1 heterocycles. The highest BCUT2D eigenvalue weighted by Crippen LogP contribution is 2.37. The third kappa shape index (κ3) is 2.37. The summed E-state index contributed by atoms with van der Waals surface area (Å²) in [6.07, 6.45) is 4.45. The summed E-state index contributed by atoms with van der Waals surface area (Å²) in [5, 5.41) is 1.06. The Hall–Kier alpha value is -1.77. The fourth-order valence-corrected chi connectivity index (χ4v) is 2.64. The highest BCUT2D eigenvalue weighted by Gasteiger charge is 2.30. The van der Waals surface area contributed by atoms with Crippen LogP contribution in [-0.2, 0) is 0 Å². The Labute approximate surface area is 114 Å². The van der Waals surface area contributed by atoms with E-state index < -0.39 is 0 Å². The molecule has 0 atom stereocenters. The number of hydrogen-bond donors (Lipinski definition) is 1. The first kappa shape index (κ1) is 12.3. The van der Waals surface area contributed by atoms with E-state index in [4.69, 9.17) is 5.73 Å². The van der Waals surface area contributed by atoms with Gasteiger partial charge in [0, 0.05) is 29.9 Å². The number of anilines is 2. The zero-order valence-electron chi connectivity index (χ0n) is 11.6. The van der Waals surface area contributed by atoms with Gasteiger partial charge in [0.05, 0.1) is 11.2 Å². The number of nitrogen functional groups attached to an aromatic ring is 1. The minimum atomic E-state index is 0.650. The van der Waals surface area contributed by atoms with Crippen molar-refractivity contribution in [1.29, 1.82) is 0 Å². The van der Waals surface area contributed by atoms with Crippen LogP contribution in [0.1, 0.15) is 26.7 Å². The number of aromatic nitrogens is 1. The molecule has 1 fully saturated rings. The van der Waals surface area contributed by atoms with E-state index in [2.05, 4.69) is 35.9 Å². The maximum atomic E-state index is 6.06. The molecule has 0 unspecified atom stereocenters. The van der Waals surface area contributed by atoms with Crippen LogP contribution in [0.3, 0.4) is 0 Å². The number of hydrogen-bond acceptors (Lipinski definition) is 3. The van der Waals surface area contributed by atoms with Crippen LogP contribution in [0.5, 0.6) is 0 Å². The second-order valence-electron chi connectivity index (χ2n) is 5.85. The Bertz CT molecular complexity index is 588. The van der Waals surface area contributed by atoms with Gasteiger partial charge < -0.3 is 10.6 Å². The zero-order chi connectivity index (χ0) is 13.4. The SMILES string of the molecule is CC(C)CN(c1ccc(N)c2cccnc12)C1CC1. The maximum absolute atomic E-state index is 6.06. The average Bonchev–Trinajstić information content (AvgIpc) is 3.21. The highest BCUT2D eigenvalue weighted by atomic mass is 15.2. The molecule has 1 saturated carbocycles. The van der Waals surface area contributed by atoms with E-state index in [-0.39, 0.29) is 0 Å². The number of nitrogens with zero attached hydrogens (tertiary/aromatic N) is 2. The molecule has 3 heteroatoms. The number of benzene rings is 1. The van der Waals surface area contributed by atoms with E-state index in [9.17, 15) is 0 Å². The van der Waals surface area contributed by atoms with Crippen molar-refractivity contribution in [1.82, 2.24) is 4.98 Å². The predicted molar refractivity (Wildman–Crippen MR) is 81.4 cm³/mol. The Morgan fingerprint density at radius 3 is 2.79 bits per heavy atom. The molecule has 100 valence electrons. The summed E-state index contributed by atoms with van der Waals surface area (Å²) in [6.45, 7) is 5.62. The molecule has 2 aromatic rings. The Balaban J connectivity index is 2.10. The van der Waals surface area contributed by atoms with Crippen molar-refractivity contribution in [2.24, 2.45) is 5.92 Å². The van der Waals surface area contributed by atoms with E-state index in [0.29, 0.717) is 12.0 Å². The standard InChI is InChI=1S/C16H21N3/c1-11(2)10-19(12-5-6-12)15-8-7-14(17)13-4-3-9-18-16(13)15/h3-4,7-9,11-12H,5-6,10,17H2,1-2H3. The van der Waals surface area contributed by atoms with Crippen LogP contribution >= 0.6 is 0 Å². The van der Waals surface area contributed by atoms with Gasteiger partial charge in [-0.1, -0.05) is 13.8 Å². The van der Waals surface area contributed by atoms with Crippen molar-refractivity contribution in [3.05, 3.63) is 30.5 Å². The topological polar surface area (TPSA) is 42.1 Å². The third-order valence-electron chi connectivity index (χ3n) is 3.64. The summed E-state index contributed by atoms with van der Waals surface area (Å²) < 4.78 is 0. The second kappa shape index (κ2) is 4.72. The summed E-state index contributed by atoms with van der Waals surface area (Å²) in [7, 11) is 0. The molecule has 0 radical (unpaired) electrons. The van der Waals surface area contributed by atoms with Crippen molar-refractivity contribution in [3.63, 3.8) is 0 Å². The van der Waals surface area contributed by atoms with Crippen LogP contribution in [0.15, 0.2) is 30.5 Å². The number of pyridine rings is 1. The van der Waals surface area contributed by atoms with Crippen molar-refractivity contribution in [2.75, 3.05) is 17.2 Å². The van der Waals surface area contributed by atoms with E-state index in [1.807, 2.05) is 18.3 Å². The lowest BCUT2D eigenvalue weighted by Crippen LogP contribution is -2.30. The van der Waals surface area contributed by atoms with E-state index in [0.717, 1.165) is 23.1 Å². The van der Waals surface area contributed by atoms with Crippen molar-refractivity contribution >= 4 is 22.3 Å². The molecular weight excluding hydrogens is 234 g/mol. The van der Waals surface area contributed by atoms with Crippen LogP contribution in [0.2, 0.25) is 0 Å². The number of nitrogens with two attached hydrogens (primary N) is 1. The lowest BCUT2D eigenvalue weighted by atomic mass is 10.1. The largest absolute Gasteiger partial charge is 0.398 e. The van der Waals surface area contributed by atoms with Gasteiger partial charge in [0.2, 0.25) is 0 Å². The van der Waals surface area contributed by atoms with Gasteiger partial charge in [0.25, 0.3) is 0 Å². The normalized spacial score (nSPS) is 15.1. The lowest BCUT2D eigenvalue weighted by Gasteiger charge is -2.27. The number of fused-ring (bicyclic) bond motifs is 1. The van der Waals surface area contributed by atoms with Gasteiger partial charge in [0.1, 0.15) is 0 Å². The minimum absolute atomic E-state index is 0.650. The summed E-state index contributed by atoms with van der Waals surface area (Å²) in [5.41, 5.74) is 9.15. The van der Waals surface area contributed by atoms with Crippen LogP contribution < -0.4 is 10.6 Å². The first-order chi connectivity index (χ1) is 9.16. The zero-order valence-corrected chi connectivity index (χ0v) is 11.6. The van der Waals surface area contributed by atoms with Gasteiger partial charge >= 0.3 is 0 Å². The first-order valence-electron chi connectivity index (χ1n) is 7.06. The fourth-order valence-electron chi connectivity index (χ4n) is 2.64. The molecule has 1 aromatic carbocycles.